The van der Waals surface area contributed by atoms with E-state index < -0.39 is 12.1 Å². The average molecular weight is 471 g/mol. The van der Waals surface area contributed by atoms with Gasteiger partial charge in [0.1, 0.15) is 30.8 Å². The number of benzene rings is 2. The van der Waals surface area contributed by atoms with Crippen LogP contribution >= 0.6 is 0 Å². The van der Waals surface area contributed by atoms with Gasteiger partial charge in [0.2, 0.25) is 5.91 Å². The molecule has 2 aromatic rings. The number of nitrogens with zero attached hydrogens (tertiary/aromatic N) is 1. The number of hydrogen-bond acceptors (Lipinski definition) is 7. The van der Waals surface area contributed by atoms with Gasteiger partial charge in [0, 0.05) is 12.6 Å². The molecular formula is C26H34N2O6. The molecule has 2 aromatic carbocycles. The summed E-state index contributed by atoms with van der Waals surface area (Å²) in [6.45, 7) is 4.95. The molecule has 2 N–H and O–H groups in total. The van der Waals surface area contributed by atoms with E-state index in [-0.39, 0.29) is 18.9 Å². The van der Waals surface area contributed by atoms with E-state index in [9.17, 15) is 9.90 Å². The molecule has 0 saturated carbocycles. The maximum atomic E-state index is 12.8. The largest absolute Gasteiger partial charge is 0.497 e. The van der Waals surface area contributed by atoms with Crippen LogP contribution in [0.4, 0.5) is 0 Å². The molecule has 1 saturated heterocycles. The van der Waals surface area contributed by atoms with E-state index in [0.29, 0.717) is 48.6 Å². The lowest BCUT2D eigenvalue weighted by atomic mass is 10.0. The third kappa shape index (κ3) is 6.12. The molecule has 184 valence electrons. The van der Waals surface area contributed by atoms with Gasteiger partial charge in [-0.1, -0.05) is 6.07 Å². The van der Waals surface area contributed by atoms with Gasteiger partial charge in [-0.15, -0.1) is 0 Å². The van der Waals surface area contributed by atoms with Crippen molar-refractivity contribution in [2.45, 2.75) is 44.4 Å². The summed E-state index contributed by atoms with van der Waals surface area (Å²) in [4.78, 5) is 15.1. The molecule has 1 amide bonds. The molecule has 2 aliphatic rings. The third-order valence-corrected chi connectivity index (χ3v) is 6.41. The van der Waals surface area contributed by atoms with Crippen molar-refractivity contribution in [3.05, 3.63) is 48.0 Å². The molecule has 0 aliphatic carbocycles. The second kappa shape index (κ2) is 11.4. The summed E-state index contributed by atoms with van der Waals surface area (Å²) in [5, 5.41) is 14.3. The Morgan fingerprint density at radius 1 is 1.15 bits per heavy atom. The minimum absolute atomic E-state index is 0.165. The summed E-state index contributed by atoms with van der Waals surface area (Å²) in [7, 11) is 1.61. The van der Waals surface area contributed by atoms with Crippen molar-refractivity contribution in [3.63, 3.8) is 0 Å². The second-order valence-electron chi connectivity index (χ2n) is 8.78. The van der Waals surface area contributed by atoms with E-state index >= 15 is 0 Å². The lowest BCUT2D eigenvalue weighted by Gasteiger charge is -2.31. The molecule has 8 nitrogen and oxygen atoms in total. The summed E-state index contributed by atoms with van der Waals surface area (Å²) < 4.78 is 22.1. The van der Waals surface area contributed by atoms with Crippen LogP contribution in [0, 0.1) is 0 Å². The summed E-state index contributed by atoms with van der Waals surface area (Å²) in [6.07, 6.45) is 1.55. The van der Waals surface area contributed by atoms with Crippen LogP contribution in [0.2, 0.25) is 0 Å². The molecule has 2 heterocycles. The maximum Gasteiger partial charge on any atom is 0.223 e. The van der Waals surface area contributed by atoms with E-state index in [4.69, 9.17) is 18.9 Å². The summed E-state index contributed by atoms with van der Waals surface area (Å²) in [5.74, 6) is 2.55. The highest BCUT2D eigenvalue weighted by Crippen LogP contribution is 2.33. The Morgan fingerprint density at radius 2 is 1.88 bits per heavy atom. The quantitative estimate of drug-likeness (QED) is 0.552. The predicted octanol–water partition coefficient (Wildman–Crippen LogP) is 2.94. The minimum Gasteiger partial charge on any atom is -0.497 e. The number of methoxy groups -OCH3 is 1. The van der Waals surface area contributed by atoms with Gasteiger partial charge in [0.25, 0.3) is 0 Å². The number of carbonyl (C=O) groups is 1. The number of hydrogen-bond donors (Lipinski definition) is 2. The van der Waals surface area contributed by atoms with Gasteiger partial charge in [-0.3, -0.25) is 9.69 Å². The first-order valence-electron chi connectivity index (χ1n) is 11.9. The zero-order chi connectivity index (χ0) is 23.9. The first-order valence-corrected chi connectivity index (χ1v) is 11.9. The highest BCUT2D eigenvalue weighted by Gasteiger charge is 2.30. The number of likely N-dealkylation sites (tertiary alicyclic amines) is 1. The van der Waals surface area contributed by atoms with Crippen molar-refractivity contribution in [2.24, 2.45) is 0 Å². The normalized spacial score (nSPS) is 19.3. The molecular weight excluding hydrogens is 436 g/mol. The van der Waals surface area contributed by atoms with Crippen LogP contribution < -0.4 is 24.3 Å². The molecule has 1 unspecified atom stereocenters. The summed E-state index contributed by atoms with van der Waals surface area (Å²) in [5.41, 5.74) is 0.691. The van der Waals surface area contributed by atoms with Crippen LogP contribution in [0.15, 0.2) is 42.5 Å². The van der Waals surface area contributed by atoms with E-state index in [1.807, 2.05) is 24.3 Å². The molecule has 0 spiro atoms. The number of aliphatic hydroxyl groups excluding tert-OH is 1. The van der Waals surface area contributed by atoms with Gasteiger partial charge in [-0.25, -0.2) is 0 Å². The zero-order valence-corrected chi connectivity index (χ0v) is 19.9. The van der Waals surface area contributed by atoms with Crippen molar-refractivity contribution in [1.29, 1.82) is 0 Å². The molecule has 0 bridgehead atoms. The Hall–Kier alpha value is -2.97. The first kappa shape index (κ1) is 24.2. The second-order valence-corrected chi connectivity index (χ2v) is 8.78. The Balaban J connectivity index is 1.38. The SMILES string of the molecule is COc1ccc(OCCC(=O)N[C@H](CN2CCC[C@@H]2C)C(O)c2ccc3c(c2)OCCO3)cc1. The number of nitrogens with one attached hydrogen (secondary N) is 1. The number of ether oxygens (including phenoxy) is 4. The number of carbonyl (C=O) groups excluding carboxylic acids is 1. The predicted molar refractivity (Wildman–Crippen MR) is 128 cm³/mol. The molecule has 8 heteroatoms. The summed E-state index contributed by atoms with van der Waals surface area (Å²) in [6, 6.07) is 12.6. The Bertz CT molecular complexity index is 951. The first-order chi connectivity index (χ1) is 16.5. The van der Waals surface area contributed by atoms with E-state index in [1.165, 1.54) is 0 Å². The number of fused-ring (bicyclic) bond motifs is 1. The van der Waals surface area contributed by atoms with Gasteiger partial charge in [0.15, 0.2) is 11.5 Å². The Labute approximate surface area is 200 Å². The van der Waals surface area contributed by atoms with Crippen molar-refractivity contribution < 1.29 is 28.8 Å². The van der Waals surface area contributed by atoms with Gasteiger partial charge < -0.3 is 29.4 Å². The smallest absolute Gasteiger partial charge is 0.223 e. The molecule has 1 fully saturated rings. The van der Waals surface area contributed by atoms with Crippen LogP contribution in [0.5, 0.6) is 23.0 Å². The lowest BCUT2D eigenvalue weighted by Crippen LogP contribution is -2.48. The maximum absolute atomic E-state index is 12.8. The Morgan fingerprint density at radius 3 is 2.59 bits per heavy atom. The topological polar surface area (TPSA) is 89.5 Å². The molecule has 2 aliphatic heterocycles. The minimum atomic E-state index is -0.880. The molecule has 3 atom stereocenters. The fourth-order valence-electron chi connectivity index (χ4n) is 4.43. The molecule has 0 aromatic heterocycles. The number of rotatable bonds is 10. The van der Waals surface area contributed by atoms with Gasteiger partial charge >= 0.3 is 0 Å². The molecule has 34 heavy (non-hydrogen) atoms. The lowest BCUT2D eigenvalue weighted by molar-refractivity contribution is -0.123. The van der Waals surface area contributed by atoms with Crippen LogP contribution in [0.3, 0.4) is 0 Å². The standard InChI is InChI=1S/C26H34N2O6/c1-18-4-3-12-28(18)17-22(26(30)19-5-10-23-24(16-19)34-15-14-33-23)27-25(29)11-13-32-21-8-6-20(31-2)7-9-21/h5-10,16,18,22,26,30H,3-4,11-15,17H2,1-2H3,(H,27,29)/t18-,22+,26?/m0/s1. The monoisotopic (exact) mass is 470 g/mol. The van der Waals surface area contributed by atoms with Gasteiger partial charge in [-0.05, 0) is 68.3 Å². The van der Waals surface area contributed by atoms with E-state index in [2.05, 4.69) is 17.1 Å². The molecule has 4 rings (SSSR count). The highest BCUT2D eigenvalue weighted by molar-refractivity contribution is 5.76. The van der Waals surface area contributed by atoms with Crippen molar-refractivity contribution in [3.8, 4) is 23.0 Å². The Kier molecular flexibility index (Phi) is 8.13. The van der Waals surface area contributed by atoms with Crippen molar-refractivity contribution in [2.75, 3.05) is 40.0 Å². The number of aliphatic hydroxyl groups is 1. The van der Waals surface area contributed by atoms with Crippen LogP contribution in [0.1, 0.15) is 37.9 Å². The van der Waals surface area contributed by atoms with Gasteiger partial charge in [-0.2, -0.15) is 0 Å². The highest BCUT2D eigenvalue weighted by atomic mass is 16.6. The zero-order valence-electron chi connectivity index (χ0n) is 19.9. The van der Waals surface area contributed by atoms with E-state index in [0.717, 1.165) is 25.1 Å². The van der Waals surface area contributed by atoms with Gasteiger partial charge in [0.05, 0.1) is 26.2 Å². The van der Waals surface area contributed by atoms with Crippen molar-refractivity contribution in [1.82, 2.24) is 10.2 Å². The van der Waals surface area contributed by atoms with Crippen LogP contribution in [-0.4, -0.2) is 68.0 Å². The fraction of sp³-hybridized carbons (Fsp3) is 0.500. The van der Waals surface area contributed by atoms with Crippen molar-refractivity contribution >= 4 is 5.91 Å². The van der Waals surface area contributed by atoms with E-state index in [1.54, 1.807) is 25.3 Å². The third-order valence-electron chi connectivity index (χ3n) is 6.41. The summed E-state index contributed by atoms with van der Waals surface area (Å²) >= 11 is 0. The fourth-order valence-corrected chi connectivity index (χ4v) is 4.43. The molecule has 0 radical (unpaired) electrons. The van der Waals surface area contributed by atoms with Crippen LogP contribution in [-0.2, 0) is 4.79 Å². The average Bonchev–Trinajstić information content (AvgIpc) is 3.27. The number of amides is 1. The van der Waals surface area contributed by atoms with Crippen LogP contribution in [0.25, 0.3) is 0 Å².